The van der Waals surface area contributed by atoms with Gasteiger partial charge in [-0.3, -0.25) is 4.79 Å². The maximum Gasteiger partial charge on any atom is 0.244 e. The zero-order valence-corrected chi connectivity index (χ0v) is 16.2. The van der Waals surface area contributed by atoms with Gasteiger partial charge in [-0.1, -0.05) is 25.6 Å². The van der Waals surface area contributed by atoms with E-state index >= 15 is 0 Å². The molecule has 2 rings (SSSR count). The predicted molar refractivity (Wildman–Crippen MR) is 95.4 cm³/mol. The number of nitrogens with zero attached hydrogens (tertiary/aromatic N) is 3. The summed E-state index contributed by atoms with van der Waals surface area (Å²) in [5, 5.41) is 0.415. The summed E-state index contributed by atoms with van der Waals surface area (Å²) in [6, 6.07) is 3.27. The van der Waals surface area contributed by atoms with Gasteiger partial charge in [0.25, 0.3) is 0 Å². The SMILES string of the molecule is CC(C)[C@H](Sc1ccc(S(=O)(=O)N2CCCC2)cn1)C(=O)N(C)C. The second kappa shape index (κ2) is 7.84. The highest BCUT2D eigenvalue weighted by Gasteiger charge is 2.28. The molecule has 0 aliphatic carbocycles. The van der Waals surface area contributed by atoms with Gasteiger partial charge in [0, 0.05) is 33.4 Å². The Morgan fingerprint density at radius 2 is 1.88 bits per heavy atom. The third-order valence-corrected chi connectivity index (χ3v) is 7.31. The van der Waals surface area contributed by atoms with Crippen molar-refractivity contribution in [1.29, 1.82) is 0 Å². The van der Waals surface area contributed by atoms with Crippen LogP contribution in [0.5, 0.6) is 0 Å². The molecular formula is C16H25N3O3S2. The number of sulfonamides is 1. The van der Waals surface area contributed by atoms with Crippen molar-refractivity contribution in [2.24, 2.45) is 5.92 Å². The molecule has 134 valence electrons. The predicted octanol–water partition coefficient (Wildman–Crippen LogP) is 2.07. The molecular weight excluding hydrogens is 346 g/mol. The van der Waals surface area contributed by atoms with Gasteiger partial charge in [-0.25, -0.2) is 13.4 Å². The van der Waals surface area contributed by atoms with E-state index in [2.05, 4.69) is 4.98 Å². The van der Waals surface area contributed by atoms with E-state index in [0.29, 0.717) is 18.1 Å². The van der Waals surface area contributed by atoms with Crippen molar-refractivity contribution in [2.45, 2.75) is 41.9 Å². The van der Waals surface area contributed by atoms with E-state index in [9.17, 15) is 13.2 Å². The fourth-order valence-corrected chi connectivity index (χ4v) is 5.09. The van der Waals surface area contributed by atoms with Gasteiger partial charge in [0.15, 0.2) is 0 Å². The number of hydrogen-bond donors (Lipinski definition) is 0. The zero-order valence-electron chi connectivity index (χ0n) is 14.6. The lowest BCUT2D eigenvalue weighted by Crippen LogP contribution is -2.34. The Bertz CT molecular complexity index is 666. The van der Waals surface area contributed by atoms with Crippen molar-refractivity contribution in [2.75, 3.05) is 27.2 Å². The quantitative estimate of drug-likeness (QED) is 0.716. The van der Waals surface area contributed by atoms with Crippen molar-refractivity contribution in [3.63, 3.8) is 0 Å². The number of hydrogen-bond acceptors (Lipinski definition) is 5. The highest BCUT2D eigenvalue weighted by Crippen LogP contribution is 2.29. The van der Waals surface area contributed by atoms with E-state index in [1.165, 1.54) is 22.3 Å². The minimum Gasteiger partial charge on any atom is -0.348 e. The number of aromatic nitrogens is 1. The minimum atomic E-state index is -3.44. The molecule has 1 aromatic rings. The van der Waals surface area contributed by atoms with Crippen LogP contribution in [0.4, 0.5) is 0 Å². The fraction of sp³-hybridized carbons (Fsp3) is 0.625. The number of amides is 1. The molecule has 0 bridgehead atoms. The zero-order chi connectivity index (χ0) is 17.9. The number of carbonyl (C=O) groups is 1. The van der Waals surface area contributed by atoms with Crippen molar-refractivity contribution in [3.8, 4) is 0 Å². The first kappa shape index (κ1) is 19.2. The summed E-state index contributed by atoms with van der Waals surface area (Å²) in [6.07, 6.45) is 3.21. The van der Waals surface area contributed by atoms with Crippen LogP contribution in [0, 0.1) is 5.92 Å². The molecule has 1 aliphatic heterocycles. The van der Waals surface area contributed by atoms with E-state index in [1.54, 1.807) is 31.1 Å². The molecule has 1 atom stereocenters. The van der Waals surface area contributed by atoms with E-state index in [1.807, 2.05) is 13.8 Å². The van der Waals surface area contributed by atoms with Crippen LogP contribution in [0.2, 0.25) is 0 Å². The van der Waals surface area contributed by atoms with Crippen molar-refractivity contribution in [1.82, 2.24) is 14.2 Å². The molecule has 1 amide bonds. The molecule has 6 nitrogen and oxygen atoms in total. The standard InChI is InChI=1S/C16H25N3O3S2/c1-12(2)15(16(20)18(3)4)23-14-8-7-13(11-17-14)24(21,22)19-9-5-6-10-19/h7-8,11-12,15H,5-6,9-10H2,1-4H3/t15-/m0/s1. The topological polar surface area (TPSA) is 70.6 Å². The smallest absolute Gasteiger partial charge is 0.244 e. The summed E-state index contributed by atoms with van der Waals surface area (Å²) in [6.45, 7) is 5.13. The molecule has 24 heavy (non-hydrogen) atoms. The third kappa shape index (κ3) is 4.29. The monoisotopic (exact) mass is 371 g/mol. The fourth-order valence-electron chi connectivity index (χ4n) is 2.52. The van der Waals surface area contributed by atoms with Crippen LogP contribution >= 0.6 is 11.8 Å². The molecule has 1 fully saturated rings. The lowest BCUT2D eigenvalue weighted by atomic mass is 10.1. The first-order valence-corrected chi connectivity index (χ1v) is 10.4. The van der Waals surface area contributed by atoms with Crippen molar-refractivity contribution < 1.29 is 13.2 Å². The summed E-state index contributed by atoms with van der Waals surface area (Å²) >= 11 is 1.37. The number of rotatable bonds is 6. The lowest BCUT2D eigenvalue weighted by Gasteiger charge is -2.22. The van der Waals surface area contributed by atoms with E-state index in [0.717, 1.165) is 12.8 Å². The van der Waals surface area contributed by atoms with Gasteiger partial charge in [0.2, 0.25) is 15.9 Å². The van der Waals surface area contributed by atoms with Gasteiger partial charge in [-0.15, -0.1) is 0 Å². The Labute approximate surface area is 148 Å². The molecule has 0 saturated carbocycles. The van der Waals surface area contributed by atoms with Crippen LogP contribution in [0.15, 0.2) is 28.3 Å². The molecule has 0 radical (unpaired) electrons. The van der Waals surface area contributed by atoms with Gasteiger partial charge in [0.1, 0.15) is 4.90 Å². The van der Waals surface area contributed by atoms with Crippen LogP contribution in [-0.4, -0.2) is 60.9 Å². The normalized spacial score (nSPS) is 17.2. The number of carbonyl (C=O) groups excluding carboxylic acids is 1. The molecule has 0 spiro atoms. The molecule has 0 N–H and O–H groups in total. The van der Waals surface area contributed by atoms with Crippen LogP contribution < -0.4 is 0 Å². The second-order valence-electron chi connectivity index (χ2n) is 6.46. The molecule has 2 heterocycles. The Balaban J connectivity index is 2.15. The summed E-state index contributed by atoms with van der Waals surface area (Å²) in [4.78, 5) is 18.3. The van der Waals surface area contributed by atoms with Crippen LogP contribution in [-0.2, 0) is 14.8 Å². The summed E-state index contributed by atoms with van der Waals surface area (Å²) in [5.74, 6) is 0.185. The Kier molecular flexibility index (Phi) is 6.28. The summed E-state index contributed by atoms with van der Waals surface area (Å²) in [5.41, 5.74) is 0. The van der Waals surface area contributed by atoms with Gasteiger partial charge < -0.3 is 4.90 Å². The van der Waals surface area contributed by atoms with E-state index in [4.69, 9.17) is 0 Å². The van der Waals surface area contributed by atoms with Gasteiger partial charge in [0.05, 0.1) is 10.3 Å². The van der Waals surface area contributed by atoms with Crippen molar-refractivity contribution >= 4 is 27.7 Å². The number of thioether (sulfide) groups is 1. The van der Waals surface area contributed by atoms with Crippen LogP contribution in [0.25, 0.3) is 0 Å². The Hall–Kier alpha value is -1.12. The van der Waals surface area contributed by atoms with Gasteiger partial charge in [-0.05, 0) is 30.9 Å². The largest absolute Gasteiger partial charge is 0.348 e. The van der Waals surface area contributed by atoms with Crippen LogP contribution in [0.1, 0.15) is 26.7 Å². The molecule has 1 aliphatic rings. The highest BCUT2D eigenvalue weighted by atomic mass is 32.2. The minimum absolute atomic E-state index is 0.0329. The lowest BCUT2D eigenvalue weighted by molar-refractivity contribution is -0.128. The van der Waals surface area contributed by atoms with Crippen molar-refractivity contribution in [3.05, 3.63) is 18.3 Å². The number of pyridine rings is 1. The average Bonchev–Trinajstić information content (AvgIpc) is 3.07. The highest BCUT2D eigenvalue weighted by molar-refractivity contribution is 8.00. The Morgan fingerprint density at radius 1 is 1.25 bits per heavy atom. The third-order valence-electron chi connectivity index (χ3n) is 3.95. The summed E-state index contributed by atoms with van der Waals surface area (Å²) < 4.78 is 26.5. The van der Waals surface area contributed by atoms with E-state index < -0.39 is 10.0 Å². The van der Waals surface area contributed by atoms with E-state index in [-0.39, 0.29) is 22.0 Å². The summed E-state index contributed by atoms with van der Waals surface area (Å²) in [7, 11) is 0.0235. The molecule has 8 heteroatoms. The maximum atomic E-state index is 12.5. The van der Waals surface area contributed by atoms with Gasteiger partial charge >= 0.3 is 0 Å². The first-order chi connectivity index (χ1) is 11.2. The molecule has 0 aromatic carbocycles. The first-order valence-electron chi connectivity index (χ1n) is 8.07. The Morgan fingerprint density at radius 3 is 2.33 bits per heavy atom. The molecule has 1 aromatic heterocycles. The van der Waals surface area contributed by atoms with Gasteiger partial charge in [-0.2, -0.15) is 4.31 Å². The second-order valence-corrected chi connectivity index (χ2v) is 9.56. The molecule has 1 saturated heterocycles. The maximum absolute atomic E-state index is 12.5. The van der Waals surface area contributed by atoms with Crippen LogP contribution in [0.3, 0.4) is 0 Å². The molecule has 0 unspecified atom stereocenters. The average molecular weight is 372 g/mol.